The third-order valence-corrected chi connectivity index (χ3v) is 9.31. The van der Waals surface area contributed by atoms with Gasteiger partial charge in [0, 0.05) is 0 Å². The van der Waals surface area contributed by atoms with Crippen LogP contribution in [0.5, 0.6) is 0 Å². The summed E-state index contributed by atoms with van der Waals surface area (Å²) in [7, 11) is -2.06. The van der Waals surface area contributed by atoms with Crippen LogP contribution in [0, 0.1) is 5.92 Å². The smallest absolute Gasteiger partial charge is 0.407 e. The molecule has 1 rings (SSSR count). The van der Waals surface area contributed by atoms with Gasteiger partial charge >= 0.3 is 12.1 Å². The molecule has 0 aliphatic heterocycles. The Morgan fingerprint density at radius 3 is 2.04 bits per heavy atom. The summed E-state index contributed by atoms with van der Waals surface area (Å²) >= 11 is 0. The summed E-state index contributed by atoms with van der Waals surface area (Å²) < 4.78 is 11.7. The van der Waals surface area contributed by atoms with Gasteiger partial charge in [0.2, 0.25) is 0 Å². The van der Waals surface area contributed by atoms with Crippen LogP contribution in [0.4, 0.5) is 4.79 Å². The van der Waals surface area contributed by atoms with Crippen molar-refractivity contribution in [1.82, 2.24) is 5.32 Å². The molecular formula is C17H33NO5Si. The number of carboxylic acid groups (broad SMARTS) is 1. The normalized spacial score (nSPS) is 25.4. The van der Waals surface area contributed by atoms with Crippen molar-refractivity contribution in [2.75, 3.05) is 0 Å². The Hall–Kier alpha value is -1.08. The molecular weight excluding hydrogens is 326 g/mol. The molecule has 0 aromatic rings. The summed E-state index contributed by atoms with van der Waals surface area (Å²) in [6, 6.07) is -0.338. The van der Waals surface area contributed by atoms with Gasteiger partial charge in [-0.3, -0.25) is 4.79 Å². The molecule has 0 heterocycles. The van der Waals surface area contributed by atoms with Crippen LogP contribution in [-0.2, 0) is 14.0 Å². The van der Waals surface area contributed by atoms with Crippen molar-refractivity contribution in [2.45, 2.75) is 90.3 Å². The van der Waals surface area contributed by atoms with E-state index < -0.39 is 31.9 Å². The molecule has 0 radical (unpaired) electrons. The lowest BCUT2D eigenvalue weighted by atomic mass is 10.1. The van der Waals surface area contributed by atoms with Crippen LogP contribution in [0.3, 0.4) is 0 Å². The number of aliphatic carboxylic acids is 1. The molecule has 24 heavy (non-hydrogen) atoms. The fourth-order valence-corrected chi connectivity index (χ4v) is 3.87. The predicted octanol–water partition coefficient (Wildman–Crippen LogP) is 3.76. The first-order valence-corrected chi connectivity index (χ1v) is 11.4. The predicted molar refractivity (Wildman–Crippen MR) is 95.6 cm³/mol. The van der Waals surface area contributed by atoms with Gasteiger partial charge in [0.25, 0.3) is 0 Å². The molecule has 3 atom stereocenters. The van der Waals surface area contributed by atoms with Crippen LogP contribution in [-0.4, -0.2) is 43.2 Å². The topological polar surface area (TPSA) is 84.9 Å². The lowest BCUT2D eigenvalue weighted by Gasteiger charge is -2.40. The van der Waals surface area contributed by atoms with E-state index in [4.69, 9.17) is 9.16 Å². The standard InChI is InChI=1S/C17H33NO5Si/c1-16(2,3)22-15(21)18-12-9-11(14(19)20)10-13(12)23-24(7,8)17(4,5)6/h11-13H,9-10H2,1-8H3,(H,18,21)(H,19,20)/t11-,12?,13-/m0/s1. The van der Waals surface area contributed by atoms with Gasteiger partial charge in [-0.05, 0) is 51.7 Å². The average molecular weight is 360 g/mol. The number of carbonyl (C=O) groups excluding carboxylic acids is 1. The third kappa shape index (κ3) is 5.77. The minimum absolute atomic E-state index is 0.0186. The van der Waals surface area contributed by atoms with Gasteiger partial charge in [-0.25, -0.2) is 4.79 Å². The van der Waals surface area contributed by atoms with Crippen LogP contribution in [0.2, 0.25) is 18.1 Å². The largest absolute Gasteiger partial charge is 0.481 e. The minimum Gasteiger partial charge on any atom is -0.481 e. The number of ether oxygens (including phenoxy) is 1. The molecule has 6 nitrogen and oxygen atoms in total. The van der Waals surface area contributed by atoms with Crippen molar-refractivity contribution >= 4 is 20.4 Å². The first kappa shape index (κ1) is 21.0. The van der Waals surface area contributed by atoms with Crippen molar-refractivity contribution in [3.63, 3.8) is 0 Å². The van der Waals surface area contributed by atoms with Gasteiger partial charge in [0.1, 0.15) is 5.60 Å². The van der Waals surface area contributed by atoms with E-state index in [1.54, 1.807) is 20.8 Å². The van der Waals surface area contributed by atoms with Crippen LogP contribution >= 0.6 is 0 Å². The fraction of sp³-hybridized carbons (Fsp3) is 0.882. The summed E-state index contributed by atoms with van der Waals surface area (Å²) in [4.78, 5) is 23.5. The van der Waals surface area contributed by atoms with Crippen molar-refractivity contribution in [2.24, 2.45) is 5.92 Å². The molecule has 0 bridgehead atoms. The number of hydrogen-bond acceptors (Lipinski definition) is 4. The quantitative estimate of drug-likeness (QED) is 0.747. The van der Waals surface area contributed by atoms with E-state index >= 15 is 0 Å². The first-order valence-electron chi connectivity index (χ1n) is 8.52. The average Bonchev–Trinajstić information content (AvgIpc) is 2.67. The van der Waals surface area contributed by atoms with Crippen molar-refractivity contribution < 1.29 is 23.9 Å². The first-order chi connectivity index (χ1) is 10.6. The lowest BCUT2D eigenvalue weighted by molar-refractivity contribution is -0.141. The van der Waals surface area contributed by atoms with E-state index in [0.717, 1.165) is 0 Å². The van der Waals surface area contributed by atoms with Gasteiger partial charge in [0.15, 0.2) is 8.32 Å². The Kier molecular flexibility index (Phi) is 6.14. The SMILES string of the molecule is CC(C)(C)OC(=O)NC1C[C@H](C(=O)O)C[C@@H]1O[Si](C)(C)C(C)(C)C. The summed E-state index contributed by atoms with van der Waals surface area (Å²) in [5, 5.41) is 12.2. The van der Waals surface area contributed by atoms with E-state index in [0.29, 0.717) is 12.8 Å². The highest BCUT2D eigenvalue weighted by Gasteiger charge is 2.46. The van der Waals surface area contributed by atoms with E-state index in [2.05, 4.69) is 39.2 Å². The molecule has 0 aromatic carbocycles. The molecule has 1 saturated carbocycles. The second-order valence-corrected chi connectivity index (χ2v) is 13.9. The molecule has 7 heteroatoms. The van der Waals surface area contributed by atoms with Gasteiger partial charge in [-0.1, -0.05) is 20.8 Å². The zero-order valence-corrected chi connectivity index (χ0v) is 17.2. The summed E-state index contributed by atoms with van der Waals surface area (Å²) in [6.45, 7) is 16.1. The molecule has 0 saturated heterocycles. The molecule has 0 aromatic heterocycles. The summed E-state index contributed by atoms with van der Waals surface area (Å²) in [5.41, 5.74) is -0.593. The number of alkyl carbamates (subject to hydrolysis) is 1. The van der Waals surface area contributed by atoms with Crippen molar-refractivity contribution in [3.05, 3.63) is 0 Å². The molecule has 140 valence electrons. The highest BCUT2D eigenvalue weighted by Crippen LogP contribution is 2.40. The maximum Gasteiger partial charge on any atom is 0.407 e. The second-order valence-electron chi connectivity index (χ2n) is 9.18. The number of nitrogens with one attached hydrogen (secondary N) is 1. The highest BCUT2D eigenvalue weighted by molar-refractivity contribution is 6.74. The zero-order chi connectivity index (χ0) is 18.9. The number of hydrogen-bond donors (Lipinski definition) is 2. The Bertz CT molecular complexity index is 478. The zero-order valence-electron chi connectivity index (χ0n) is 16.2. The Labute approximate surface area is 146 Å². The summed E-state index contributed by atoms with van der Waals surface area (Å²) in [6.07, 6.45) is -0.0298. The second kappa shape index (κ2) is 7.04. The Morgan fingerprint density at radius 2 is 1.62 bits per heavy atom. The Balaban J connectivity index is 2.86. The minimum atomic E-state index is -2.06. The monoisotopic (exact) mass is 359 g/mol. The summed E-state index contributed by atoms with van der Waals surface area (Å²) in [5.74, 6) is -1.34. The van der Waals surface area contributed by atoms with E-state index in [1.165, 1.54) is 0 Å². The van der Waals surface area contributed by atoms with Gasteiger partial charge < -0.3 is 19.6 Å². The molecule has 2 N–H and O–H groups in total. The van der Waals surface area contributed by atoms with E-state index in [-0.39, 0.29) is 17.2 Å². The van der Waals surface area contributed by atoms with Gasteiger partial charge in [0.05, 0.1) is 18.1 Å². The van der Waals surface area contributed by atoms with E-state index in [1.807, 2.05) is 0 Å². The van der Waals surface area contributed by atoms with Crippen LogP contribution < -0.4 is 5.32 Å². The third-order valence-electron chi connectivity index (χ3n) is 4.81. The van der Waals surface area contributed by atoms with Crippen LogP contribution in [0.1, 0.15) is 54.4 Å². The molecule has 0 spiro atoms. The van der Waals surface area contributed by atoms with Gasteiger partial charge in [-0.15, -0.1) is 0 Å². The maximum absolute atomic E-state index is 12.1. The number of rotatable bonds is 4. The number of carbonyl (C=O) groups is 2. The maximum atomic E-state index is 12.1. The van der Waals surface area contributed by atoms with Gasteiger partial charge in [-0.2, -0.15) is 0 Å². The molecule has 1 aliphatic rings. The van der Waals surface area contributed by atoms with E-state index in [9.17, 15) is 14.7 Å². The van der Waals surface area contributed by atoms with Crippen molar-refractivity contribution in [1.29, 1.82) is 0 Å². The number of amides is 1. The fourth-order valence-electron chi connectivity index (χ4n) is 2.50. The number of carboxylic acids is 1. The molecule has 1 fully saturated rings. The molecule has 1 aliphatic carbocycles. The van der Waals surface area contributed by atoms with Crippen LogP contribution in [0.15, 0.2) is 0 Å². The lowest BCUT2D eigenvalue weighted by Crippen LogP contribution is -2.50. The molecule has 1 unspecified atom stereocenters. The molecule has 1 amide bonds. The highest BCUT2D eigenvalue weighted by atomic mass is 28.4. The van der Waals surface area contributed by atoms with Crippen LogP contribution in [0.25, 0.3) is 0 Å². The Morgan fingerprint density at radius 1 is 1.08 bits per heavy atom. The van der Waals surface area contributed by atoms with Crippen molar-refractivity contribution in [3.8, 4) is 0 Å².